The van der Waals surface area contributed by atoms with Crippen molar-refractivity contribution < 1.29 is 9.90 Å². The quantitative estimate of drug-likeness (QED) is 0.247. The number of halogens is 3. The number of amides is 1. The van der Waals surface area contributed by atoms with Crippen LogP contribution in [0.5, 0.6) is 0 Å². The number of nitrogens with one attached hydrogen (secondary N) is 3. The first-order valence-electron chi connectivity index (χ1n) is 12.7. The van der Waals surface area contributed by atoms with Gasteiger partial charge >= 0.3 is 0 Å². The molecule has 0 aliphatic carbocycles. The van der Waals surface area contributed by atoms with Crippen molar-refractivity contribution in [3.63, 3.8) is 0 Å². The van der Waals surface area contributed by atoms with Crippen LogP contribution in [0.2, 0.25) is 5.02 Å². The molecule has 2 aromatic heterocycles. The van der Waals surface area contributed by atoms with Gasteiger partial charge in [0.05, 0.1) is 27.9 Å². The summed E-state index contributed by atoms with van der Waals surface area (Å²) >= 11 is 7.68. The molecule has 13 heteroatoms. The van der Waals surface area contributed by atoms with Crippen LogP contribution < -0.4 is 16.0 Å². The Kier molecular flexibility index (Phi) is 9.59. The zero-order valence-electron chi connectivity index (χ0n) is 21.4. The number of anilines is 2. The van der Waals surface area contributed by atoms with Crippen molar-refractivity contribution in [3.05, 3.63) is 46.5 Å². The number of thiazole rings is 1. The summed E-state index contributed by atoms with van der Waals surface area (Å²) in [6.07, 6.45) is 1.85. The lowest BCUT2D eigenvalue weighted by Crippen LogP contribution is -2.37. The van der Waals surface area contributed by atoms with E-state index in [2.05, 4.69) is 25.8 Å². The van der Waals surface area contributed by atoms with Gasteiger partial charge in [0.1, 0.15) is 0 Å². The van der Waals surface area contributed by atoms with Crippen LogP contribution in [0, 0.1) is 0 Å². The zero-order valence-corrected chi connectivity index (χ0v) is 24.7. The molecule has 4 aromatic rings. The maximum atomic E-state index is 13.5. The number of fused-ring (bicyclic) bond motifs is 2. The van der Waals surface area contributed by atoms with Crippen LogP contribution in [0.3, 0.4) is 0 Å². The van der Waals surface area contributed by atoms with Crippen molar-refractivity contribution in [1.82, 2.24) is 30.1 Å². The molecule has 2 aromatic carbocycles. The number of carbonyl (C=O) groups excluding carboxylic acids is 1. The molecule has 0 spiro atoms. The molecule has 39 heavy (non-hydrogen) atoms. The summed E-state index contributed by atoms with van der Waals surface area (Å²) < 4.78 is 3.02. The molecule has 9 nitrogen and oxygen atoms in total. The molecule has 2 atom stereocenters. The first-order valence-corrected chi connectivity index (χ1v) is 13.9. The smallest absolute Gasteiger partial charge is 0.251 e. The van der Waals surface area contributed by atoms with Gasteiger partial charge in [0.2, 0.25) is 5.95 Å². The van der Waals surface area contributed by atoms with Gasteiger partial charge in [-0.3, -0.25) is 4.79 Å². The number of β-amino-alcohol motifs (C(OH)–C–C–N with tert-alkyl or cyclic N) is 1. The predicted octanol–water partition coefficient (Wildman–Crippen LogP) is 4.30. The van der Waals surface area contributed by atoms with E-state index in [0.29, 0.717) is 23.1 Å². The summed E-state index contributed by atoms with van der Waals surface area (Å²) in [6.45, 7) is 4.16. The van der Waals surface area contributed by atoms with Crippen LogP contribution in [0.1, 0.15) is 34.7 Å². The van der Waals surface area contributed by atoms with Crippen molar-refractivity contribution in [3.8, 4) is 0 Å². The van der Waals surface area contributed by atoms with Crippen molar-refractivity contribution in [2.45, 2.75) is 24.8 Å². The first-order chi connectivity index (χ1) is 18.0. The minimum atomic E-state index is -0.0468. The highest BCUT2D eigenvalue weighted by atomic mass is 35.5. The second-order valence-electron chi connectivity index (χ2n) is 9.82. The number of hydrogen-bond acceptors (Lipinski definition) is 8. The molecule has 2 saturated heterocycles. The van der Waals surface area contributed by atoms with Gasteiger partial charge in [-0.2, -0.15) is 0 Å². The molecule has 1 amide bonds. The Hall–Kier alpha value is -2.18. The molecule has 4 N–H and O–H groups in total. The Morgan fingerprint density at radius 3 is 2.85 bits per heavy atom. The molecular formula is C26H32Cl3N7O2S. The number of hydrogen-bond donors (Lipinski definition) is 4. The van der Waals surface area contributed by atoms with Gasteiger partial charge in [-0.05, 0) is 61.8 Å². The second kappa shape index (κ2) is 12.6. The highest BCUT2D eigenvalue weighted by Crippen LogP contribution is 2.37. The standard InChI is InChI=1S/C26H30ClN7O2S.2ClH/c1-33-20-5-3-18(24(36)29-17-6-8-28-13-17)22(15-7-9-34(14-15)10-11-35)23(20)31-25(33)32-26-30-19-4-2-16(27)12-21(19)37-26;;/h2-5,12,15,17,28,35H,6-11,13-14H2,1H3,(H,29,36)(H,30,31,32);2*1H/t15-,17+;;/m1../s1. The highest BCUT2D eigenvalue weighted by Gasteiger charge is 2.31. The van der Waals surface area contributed by atoms with Gasteiger partial charge in [-0.25, -0.2) is 9.97 Å². The normalized spacial score (nSPS) is 19.3. The monoisotopic (exact) mass is 611 g/mol. The number of aromatic nitrogens is 3. The van der Waals surface area contributed by atoms with E-state index >= 15 is 0 Å². The minimum Gasteiger partial charge on any atom is -0.395 e. The van der Waals surface area contributed by atoms with Gasteiger partial charge in [0.15, 0.2) is 5.13 Å². The maximum absolute atomic E-state index is 13.5. The molecule has 0 bridgehead atoms. The van der Waals surface area contributed by atoms with Gasteiger partial charge in [0.25, 0.3) is 5.91 Å². The van der Waals surface area contributed by atoms with E-state index in [9.17, 15) is 9.90 Å². The number of carbonyl (C=O) groups is 1. The SMILES string of the molecule is Cl.Cl.Cn1c(Nc2nc3ccc(Cl)cc3s2)nc2c([C@@H]3CCN(CCO)C3)c(C(=O)N[C@H]3CCNC3)ccc21. The van der Waals surface area contributed by atoms with Crippen LogP contribution in [0.15, 0.2) is 30.3 Å². The average molecular weight is 613 g/mol. The number of aliphatic hydroxyl groups is 1. The number of aryl methyl sites for hydroxylation is 1. The van der Waals surface area contributed by atoms with Crippen LogP contribution in [0.4, 0.5) is 11.1 Å². The van der Waals surface area contributed by atoms with Gasteiger partial charge < -0.3 is 30.5 Å². The number of nitrogens with zero attached hydrogens (tertiary/aromatic N) is 4. The summed E-state index contributed by atoms with van der Waals surface area (Å²) in [5.41, 5.74) is 4.35. The molecule has 0 radical (unpaired) electrons. The summed E-state index contributed by atoms with van der Waals surface area (Å²) in [7, 11) is 1.97. The Balaban J connectivity index is 0.00000176. The molecule has 0 saturated carbocycles. The summed E-state index contributed by atoms with van der Waals surface area (Å²) in [5.74, 6) is 0.781. The summed E-state index contributed by atoms with van der Waals surface area (Å²) in [5, 5.41) is 20.8. The number of likely N-dealkylation sites (tertiary alicyclic amines) is 1. The lowest BCUT2D eigenvalue weighted by molar-refractivity contribution is 0.0938. The van der Waals surface area contributed by atoms with Gasteiger partial charge in [-0.15, -0.1) is 24.8 Å². The fourth-order valence-electron chi connectivity index (χ4n) is 5.50. The van der Waals surface area contributed by atoms with E-state index in [1.807, 2.05) is 41.9 Å². The third-order valence-electron chi connectivity index (χ3n) is 7.40. The van der Waals surface area contributed by atoms with E-state index in [1.165, 1.54) is 11.3 Å². The topological polar surface area (TPSA) is 107 Å². The fourth-order valence-corrected chi connectivity index (χ4v) is 6.64. The van der Waals surface area contributed by atoms with E-state index in [4.69, 9.17) is 16.6 Å². The number of imidazole rings is 1. The minimum absolute atomic E-state index is 0. The van der Waals surface area contributed by atoms with Crippen LogP contribution in [0.25, 0.3) is 21.3 Å². The van der Waals surface area contributed by atoms with Crippen molar-refractivity contribution in [2.75, 3.05) is 44.6 Å². The van der Waals surface area contributed by atoms with Gasteiger partial charge in [0, 0.05) is 49.2 Å². The highest BCUT2D eigenvalue weighted by molar-refractivity contribution is 7.22. The third-order valence-corrected chi connectivity index (χ3v) is 8.57. The number of rotatable bonds is 7. The third kappa shape index (κ3) is 5.97. The van der Waals surface area contributed by atoms with E-state index in [0.717, 1.165) is 71.0 Å². The summed E-state index contributed by atoms with van der Waals surface area (Å²) in [6, 6.07) is 9.72. The molecule has 2 aliphatic rings. The lowest BCUT2D eigenvalue weighted by atomic mass is 9.91. The van der Waals surface area contributed by atoms with E-state index < -0.39 is 0 Å². The molecule has 2 fully saturated rings. The van der Waals surface area contributed by atoms with E-state index in [-0.39, 0.29) is 49.3 Å². The Labute approximate surface area is 248 Å². The van der Waals surface area contributed by atoms with Gasteiger partial charge in [-0.1, -0.05) is 22.9 Å². The lowest BCUT2D eigenvalue weighted by Gasteiger charge is -2.19. The molecule has 4 heterocycles. The zero-order chi connectivity index (χ0) is 25.5. The van der Waals surface area contributed by atoms with Crippen LogP contribution >= 0.6 is 47.8 Å². The number of benzene rings is 2. The predicted molar refractivity (Wildman–Crippen MR) is 163 cm³/mol. The second-order valence-corrected chi connectivity index (χ2v) is 11.3. The summed E-state index contributed by atoms with van der Waals surface area (Å²) in [4.78, 5) is 25.4. The van der Waals surface area contributed by atoms with Crippen molar-refractivity contribution in [2.24, 2.45) is 7.05 Å². The van der Waals surface area contributed by atoms with Crippen molar-refractivity contribution in [1.29, 1.82) is 0 Å². The molecule has 210 valence electrons. The molecule has 0 unspecified atom stereocenters. The number of aliphatic hydroxyl groups excluding tert-OH is 1. The Morgan fingerprint density at radius 1 is 1.23 bits per heavy atom. The first kappa shape index (κ1) is 29.8. The Bertz CT molecular complexity index is 1470. The largest absolute Gasteiger partial charge is 0.395 e. The maximum Gasteiger partial charge on any atom is 0.251 e. The van der Waals surface area contributed by atoms with Crippen molar-refractivity contribution >= 4 is 86.0 Å². The van der Waals surface area contributed by atoms with E-state index in [1.54, 1.807) is 0 Å². The fraction of sp³-hybridized carbons (Fsp3) is 0.423. The Morgan fingerprint density at radius 2 is 2.08 bits per heavy atom. The molecule has 2 aliphatic heterocycles. The average Bonchev–Trinajstić information content (AvgIpc) is 3.67. The molecular weight excluding hydrogens is 581 g/mol. The van der Waals surface area contributed by atoms with Crippen LogP contribution in [-0.2, 0) is 7.05 Å². The molecule has 6 rings (SSSR count). The van der Waals surface area contributed by atoms with Crippen LogP contribution in [-0.4, -0.2) is 75.8 Å².